The molecule has 7 heteroatoms. The number of nitrogens with zero attached hydrogens (tertiary/aromatic N) is 1. The van der Waals surface area contributed by atoms with Gasteiger partial charge < -0.3 is 9.47 Å². The summed E-state index contributed by atoms with van der Waals surface area (Å²) in [6.45, 7) is 0.541. The smallest absolute Gasteiger partial charge is 0.253 e. The summed E-state index contributed by atoms with van der Waals surface area (Å²) < 4.78 is 38.3. The largest absolute Gasteiger partial charge is 0.493 e. The van der Waals surface area contributed by atoms with Gasteiger partial charge in [-0.05, 0) is 42.0 Å². The van der Waals surface area contributed by atoms with Crippen molar-refractivity contribution >= 4 is 21.4 Å². The zero-order valence-electron chi connectivity index (χ0n) is 13.1. The van der Waals surface area contributed by atoms with Crippen LogP contribution in [0.25, 0.3) is 0 Å². The van der Waals surface area contributed by atoms with Crippen molar-refractivity contribution in [2.24, 2.45) is 0 Å². The van der Waals surface area contributed by atoms with E-state index in [0.717, 1.165) is 18.4 Å². The lowest BCUT2D eigenvalue weighted by Gasteiger charge is -2.24. The number of thiophene rings is 1. The summed E-state index contributed by atoms with van der Waals surface area (Å²) >= 11 is 1.25. The van der Waals surface area contributed by atoms with Gasteiger partial charge in [-0.25, -0.2) is 8.42 Å². The Morgan fingerprint density at radius 2 is 1.96 bits per heavy atom. The minimum Gasteiger partial charge on any atom is -0.493 e. The Hall–Kier alpha value is -1.57. The highest BCUT2D eigenvalue weighted by Gasteiger charge is 2.37. The molecule has 1 aliphatic heterocycles. The Labute approximate surface area is 140 Å². The van der Waals surface area contributed by atoms with Crippen LogP contribution >= 0.6 is 11.3 Å². The van der Waals surface area contributed by atoms with Gasteiger partial charge in [0.15, 0.2) is 11.5 Å². The van der Waals surface area contributed by atoms with Crippen molar-refractivity contribution < 1.29 is 17.9 Å². The highest BCUT2D eigenvalue weighted by atomic mass is 32.2. The molecular formula is C16H19NO4S2. The fraction of sp³-hybridized carbons (Fsp3) is 0.375. The van der Waals surface area contributed by atoms with Gasteiger partial charge in [0.05, 0.1) is 20.3 Å². The summed E-state index contributed by atoms with van der Waals surface area (Å²) in [5.74, 6) is 1.26. The van der Waals surface area contributed by atoms with E-state index in [1.54, 1.807) is 36.0 Å². The molecule has 1 aromatic carbocycles. The fourth-order valence-corrected chi connectivity index (χ4v) is 5.75. The van der Waals surface area contributed by atoms with E-state index in [1.165, 1.54) is 11.3 Å². The van der Waals surface area contributed by atoms with Crippen LogP contribution in [0.3, 0.4) is 0 Å². The maximum atomic E-state index is 12.8. The molecule has 0 saturated carbocycles. The topological polar surface area (TPSA) is 55.8 Å². The molecule has 1 atom stereocenters. The highest BCUT2D eigenvalue weighted by molar-refractivity contribution is 7.91. The van der Waals surface area contributed by atoms with Crippen molar-refractivity contribution in [2.45, 2.75) is 23.1 Å². The third-order valence-electron chi connectivity index (χ3n) is 4.05. The summed E-state index contributed by atoms with van der Waals surface area (Å²) in [4.78, 5) is 0. The van der Waals surface area contributed by atoms with Crippen molar-refractivity contribution in [1.29, 1.82) is 0 Å². The third-order valence-corrected chi connectivity index (χ3v) is 7.34. The first-order valence-corrected chi connectivity index (χ1v) is 9.67. The average molecular weight is 353 g/mol. The average Bonchev–Trinajstić information content (AvgIpc) is 3.25. The molecule has 0 spiro atoms. The molecule has 0 N–H and O–H groups in total. The van der Waals surface area contributed by atoms with Crippen molar-refractivity contribution in [1.82, 2.24) is 4.31 Å². The van der Waals surface area contributed by atoms with Crippen LogP contribution in [0.15, 0.2) is 39.9 Å². The van der Waals surface area contributed by atoms with E-state index in [-0.39, 0.29) is 6.04 Å². The molecule has 1 saturated heterocycles. The first kappa shape index (κ1) is 16.3. The number of methoxy groups -OCH3 is 2. The summed E-state index contributed by atoms with van der Waals surface area (Å²) in [6, 6.07) is 8.85. The Morgan fingerprint density at radius 1 is 1.17 bits per heavy atom. The monoisotopic (exact) mass is 353 g/mol. The lowest BCUT2D eigenvalue weighted by atomic mass is 10.0. The molecule has 1 aromatic heterocycles. The highest BCUT2D eigenvalue weighted by Crippen LogP contribution is 2.40. The SMILES string of the molecule is COc1ccc(C2CCCN2S(=O)(=O)c2cccs2)cc1OC. The standard InChI is InChI=1S/C16H19NO4S2/c1-20-14-8-7-12(11-15(14)21-2)13-5-3-9-17(13)23(18,19)16-6-4-10-22-16/h4,6-8,10-11,13H,3,5,9H2,1-2H3. The minimum absolute atomic E-state index is 0.165. The van der Waals surface area contributed by atoms with Crippen molar-refractivity contribution in [3.63, 3.8) is 0 Å². The molecule has 1 fully saturated rings. The van der Waals surface area contributed by atoms with Gasteiger partial charge in [-0.1, -0.05) is 12.1 Å². The molecule has 1 aliphatic rings. The van der Waals surface area contributed by atoms with Crippen LogP contribution in [-0.2, 0) is 10.0 Å². The summed E-state index contributed by atoms with van der Waals surface area (Å²) in [7, 11) is -0.284. The second-order valence-electron chi connectivity index (χ2n) is 5.32. The van der Waals surface area contributed by atoms with E-state index in [9.17, 15) is 8.42 Å². The van der Waals surface area contributed by atoms with E-state index < -0.39 is 10.0 Å². The lowest BCUT2D eigenvalue weighted by Crippen LogP contribution is -2.30. The Morgan fingerprint density at radius 3 is 2.61 bits per heavy atom. The summed E-state index contributed by atoms with van der Waals surface area (Å²) in [5, 5.41) is 1.79. The van der Waals surface area contributed by atoms with Gasteiger partial charge in [-0.15, -0.1) is 11.3 Å². The van der Waals surface area contributed by atoms with Crippen LogP contribution < -0.4 is 9.47 Å². The number of sulfonamides is 1. The Kier molecular flexibility index (Phi) is 4.61. The van der Waals surface area contributed by atoms with Crippen LogP contribution in [0.4, 0.5) is 0 Å². The van der Waals surface area contributed by atoms with Crippen LogP contribution in [-0.4, -0.2) is 33.5 Å². The van der Waals surface area contributed by atoms with E-state index in [1.807, 2.05) is 18.2 Å². The number of ether oxygens (including phenoxy) is 2. The number of hydrogen-bond acceptors (Lipinski definition) is 5. The molecule has 0 amide bonds. The molecule has 0 bridgehead atoms. The Balaban J connectivity index is 1.96. The molecule has 3 rings (SSSR count). The maximum Gasteiger partial charge on any atom is 0.253 e. The van der Waals surface area contributed by atoms with Gasteiger partial charge in [0.25, 0.3) is 10.0 Å². The van der Waals surface area contributed by atoms with Crippen LogP contribution in [0.2, 0.25) is 0 Å². The third kappa shape index (κ3) is 2.96. The fourth-order valence-electron chi connectivity index (χ4n) is 2.95. The normalized spacial score (nSPS) is 19.0. The predicted octanol–water partition coefficient (Wildman–Crippen LogP) is 3.29. The van der Waals surface area contributed by atoms with E-state index in [0.29, 0.717) is 22.3 Å². The molecule has 23 heavy (non-hydrogen) atoms. The van der Waals surface area contributed by atoms with Crippen molar-refractivity contribution in [3.05, 3.63) is 41.3 Å². The Bertz CT molecular complexity index is 771. The molecule has 124 valence electrons. The van der Waals surface area contributed by atoms with Crippen molar-refractivity contribution in [2.75, 3.05) is 20.8 Å². The molecule has 5 nitrogen and oxygen atoms in total. The van der Waals surface area contributed by atoms with Gasteiger partial charge in [0, 0.05) is 6.54 Å². The quantitative estimate of drug-likeness (QED) is 0.828. The van der Waals surface area contributed by atoms with Crippen molar-refractivity contribution in [3.8, 4) is 11.5 Å². The van der Waals surface area contributed by atoms with Crippen LogP contribution in [0, 0.1) is 0 Å². The van der Waals surface area contributed by atoms with Crippen LogP contribution in [0.5, 0.6) is 11.5 Å². The first-order valence-electron chi connectivity index (χ1n) is 7.35. The number of hydrogen-bond donors (Lipinski definition) is 0. The lowest BCUT2D eigenvalue weighted by molar-refractivity contribution is 0.351. The molecular weight excluding hydrogens is 334 g/mol. The zero-order chi connectivity index (χ0) is 16.4. The molecule has 2 heterocycles. The van der Waals surface area contributed by atoms with Gasteiger partial charge in [-0.3, -0.25) is 0 Å². The number of benzene rings is 1. The molecule has 0 aliphatic carbocycles. The van der Waals surface area contributed by atoms with Gasteiger partial charge in [0.1, 0.15) is 4.21 Å². The van der Waals surface area contributed by atoms with Crippen LogP contribution in [0.1, 0.15) is 24.4 Å². The van der Waals surface area contributed by atoms with E-state index >= 15 is 0 Å². The zero-order valence-corrected chi connectivity index (χ0v) is 14.7. The van der Waals surface area contributed by atoms with E-state index in [4.69, 9.17) is 9.47 Å². The molecule has 0 radical (unpaired) electrons. The maximum absolute atomic E-state index is 12.8. The molecule has 1 unspecified atom stereocenters. The number of rotatable bonds is 5. The van der Waals surface area contributed by atoms with Gasteiger partial charge in [-0.2, -0.15) is 4.31 Å². The van der Waals surface area contributed by atoms with Gasteiger partial charge >= 0.3 is 0 Å². The first-order chi connectivity index (χ1) is 11.1. The van der Waals surface area contributed by atoms with Gasteiger partial charge in [0.2, 0.25) is 0 Å². The molecule has 2 aromatic rings. The van der Waals surface area contributed by atoms with E-state index in [2.05, 4.69) is 0 Å². The minimum atomic E-state index is -3.45. The summed E-state index contributed by atoms with van der Waals surface area (Å²) in [6.07, 6.45) is 1.66. The predicted molar refractivity (Wildman–Crippen MR) is 89.7 cm³/mol. The summed E-state index contributed by atoms with van der Waals surface area (Å²) in [5.41, 5.74) is 0.931. The second kappa shape index (κ2) is 6.51. The second-order valence-corrected chi connectivity index (χ2v) is 8.39.